The van der Waals surface area contributed by atoms with Gasteiger partial charge in [-0.1, -0.05) is 24.9 Å². The molecule has 2 rings (SSSR count). The maximum Gasteiger partial charge on any atom is 0.240 e. The molecule has 0 spiro atoms. The molecule has 2 atom stereocenters. The zero-order valence-corrected chi connectivity index (χ0v) is 13.7. The maximum absolute atomic E-state index is 12.4. The summed E-state index contributed by atoms with van der Waals surface area (Å²) in [6.07, 6.45) is 3.02. The van der Waals surface area contributed by atoms with Crippen molar-refractivity contribution in [2.45, 2.75) is 42.4 Å². The Bertz CT molecular complexity index is 578. The number of thioether (sulfide) groups is 1. The van der Waals surface area contributed by atoms with E-state index in [1.807, 2.05) is 11.8 Å². The SMILES string of the molecule is CCSC1CCCC1NS(=O)(=O)c1ccc(N)c(Cl)c1. The Kier molecular flexibility index (Phi) is 5.23. The Morgan fingerprint density at radius 3 is 2.85 bits per heavy atom. The molecule has 1 aromatic carbocycles. The van der Waals surface area contributed by atoms with Gasteiger partial charge in [0, 0.05) is 11.3 Å². The molecule has 0 bridgehead atoms. The zero-order valence-electron chi connectivity index (χ0n) is 11.3. The van der Waals surface area contributed by atoms with Gasteiger partial charge in [-0.3, -0.25) is 0 Å². The molecule has 3 N–H and O–H groups in total. The molecule has 1 aliphatic rings. The Morgan fingerprint density at radius 2 is 2.20 bits per heavy atom. The molecule has 2 unspecified atom stereocenters. The molecule has 1 saturated carbocycles. The van der Waals surface area contributed by atoms with Crippen LogP contribution in [-0.4, -0.2) is 25.5 Å². The lowest BCUT2D eigenvalue weighted by atomic mass is 10.3. The molecular formula is C13H19ClN2O2S2. The van der Waals surface area contributed by atoms with Crippen LogP contribution >= 0.6 is 23.4 Å². The first-order valence-electron chi connectivity index (χ1n) is 6.63. The maximum atomic E-state index is 12.4. The van der Waals surface area contributed by atoms with E-state index in [0.29, 0.717) is 10.9 Å². The number of nitrogen functional groups attached to an aromatic ring is 1. The average Bonchev–Trinajstić information content (AvgIpc) is 2.80. The molecular weight excluding hydrogens is 316 g/mol. The monoisotopic (exact) mass is 334 g/mol. The molecule has 0 aliphatic heterocycles. The van der Waals surface area contributed by atoms with E-state index in [1.165, 1.54) is 18.2 Å². The van der Waals surface area contributed by atoms with E-state index in [4.69, 9.17) is 17.3 Å². The van der Waals surface area contributed by atoms with Crippen LogP contribution in [0.3, 0.4) is 0 Å². The largest absolute Gasteiger partial charge is 0.398 e. The van der Waals surface area contributed by atoms with Gasteiger partial charge in [-0.2, -0.15) is 11.8 Å². The van der Waals surface area contributed by atoms with Crippen LogP contribution in [0.2, 0.25) is 5.02 Å². The summed E-state index contributed by atoms with van der Waals surface area (Å²) >= 11 is 7.71. The summed E-state index contributed by atoms with van der Waals surface area (Å²) in [5.41, 5.74) is 5.99. The van der Waals surface area contributed by atoms with Crippen molar-refractivity contribution in [3.8, 4) is 0 Å². The van der Waals surface area contributed by atoms with Crippen LogP contribution in [0.4, 0.5) is 5.69 Å². The van der Waals surface area contributed by atoms with Crippen molar-refractivity contribution in [2.24, 2.45) is 0 Å². The first-order valence-corrected chi connectivity index (χ1v) is 9.54. The highest BCUT2D eigenvalue weighted by molar-refractivity contribution is 8.00. The summed E-state index contributed by atoms with van der Waals surface area (Å²) in [6.45, 7) is 2.09. The number of sulfonamides is 1. The van der Waals surface area contributed by atoms with E-state index in [1.54, 1.807) is 0 Å². The third-order valence-electron chi connectivity index (χ3n) is 3.42. The molecule has 1 fully saturated rings. The van der Waals surface area contributed by atoms with Crippen molar-refractivity contribution >= 4 is 39.1 Å². The van der Waals surface area contributed by atoms with Crippen LogP contribution in [0.1, 0.15) is 26.2 Å². The molecule has 0 saturated heterocycles. The number of nitrogens with two attached hydrogens (primary N) is 1. The van der Waals surface area contributed by atoms with Gasteiger partial charge in [0.25, 0.3) is 0 Å². The Labute approximate surface area is 129 Å². The second-order valence-electron chi connectivity index (χ2n) is 4.84. The van der Waals surface area contributed by atoms with Crippen molar-refractivity contribution < 1.29 is 8.42 Å². The highest BCUT2D eigenvalue weighted by Gasteiger charge is 2.31. The van der Waals surface area contributed by atoms with E-state index in [2.05, 4.69) is 11.6 Å². The molecule has 112 valence electrons. The van der Waals surface area contributed by atoms with E-state index in [-0.39, 0.29) is 16.0 Å². The van der Waals surface area contributed by atoms with E-state index >= 15 is 0 Å². The lowest BCUT2D eigenvalue weighted by molar-refractivity contribution is 0.555. The van der Waals surface area contributed by atoms with Gasteiger partial charge in [-0.05, 0) is 36.8 Å². The van der Waals surface area contributed by atoms with Gasteiger partial charge in [-0.15, -0.1) is 0 Å². The number of anilines is 1. The zero-order chi connectivity index (χ0) is 14.8. The van der Waals surface area contributed by atoms with E-state index < -0.39 is 10.0 Å². The van der Waals surface area contributed by atoms with Crippen molar-refractivity contribution in [3.05, 3.63) is 23.2 Å². The molecule has 4 nitrogen and oxygen atoms in total. The molecule has 0 radical (unpaired) electrons. The Hall–Kier alpha value is -0.430. The molecule has 7 heteroatoms. The van der Waals surface area contributed by atoms with Crippen molar-refractivity contribution in [1.82, 2.24) is 4.72 Å². The van der Waals surface area contributed by atoms with Gasteiger partial charge < -0.3 is 5.73 Å². The number of hydrogen-bond acceptors (Lipinski definition) is 4. The quantitative estimate of drug-likeness (QED) is 0.812. The number of halogens is 1. The van der Waals surface area contributed by atoms with Gasteiger partial charge in [0.15, 0.2) is 0 Å². The number of nitrogens with one attached hydrogen (secondary N) is 1. The van der Waals surface area contributed by atoms with Crippen LogP contribution in [-0.2, 0) is 10.0 Å². The predicted octanol–water partition coefficient (Wildman–Crippen LogP) is 2.87. The molecule has 0 aromatic heterocycles. The number of rotatable bonds is 5. The fourth-order valence-electron chi connectivity index (χ4n) is 2.42. The van der Waals surface area contributed by atoms with Crippen molar-refractivity contribution in [1.29, 1.82) is 0 Å². The highest BCUT2D eigenvalue weighted by atomic mass is 35.5. The number of hydrogen-bond donors (Lipinski definition) is 2. The topological polar surface area (TPSA) is 72.2 Å². The fraction of sp³-hybridized carbons (Fsp3) is 0.538. The normalized spacial score (nSPS) is 23.1. The average molecular weight is 335 g/mol. The standard InChI is InChI=1S/C13H19ClN2O2S2/c1-2-19-13-5-3-4-12(13)16-20(17,18)9-6-7-11(15)10(14)8-9/h6-8,12-13,16H,2-5,15H2,1H3. The van der Waals surface area contributed by atoms with Gasteiger partial charge in [0.1, 0.15) is 0 Å². The fourth-order valence-corrected chi connectivity index (χ4v) is 5.28. The summed E-state index contributed by atoms with van der Waals surface area (Å²) in [4.78, 5) is 0.170. The van der Waals surface area contributed by atoms with Gasteiger partial charge in [0.2, 0.25) is 10.0 Å². The van der Waals surface area contributed by atoms with Crippen molar-refractivity contribution in [3.63, 3.8) is 0 Å². The van der Waals surface area contributed by atoms with Crippen LogP contribution in [0, 0.1) is 0 Å². The highest BCUT2D eigenvalue weighted by Crippen LogP contribution is 2.31. The van der Waals surface area contributed by atoms with Crippen LogP contribution in [0.15, 0.2) is 23.1 Å². The van der Waals surface area contributed by atoms with E-state index in [0.717, 1.165) is 25.0 Å². The first kappa shape index (κ1) is 15.9. The second-order valence-corrected chi connectivity index (χ2v) is 8.47. The minimum absolute atomic E-state index is 0.00118. The minimum Gasteiger partial charge on any atom is -0.398 e. The molecule has 1 aliphatic carbocycles. The Balaban J connectivity index is 2.16. The summed E-state index contributed by atoms with van der Waals surface area (Å²) in [5.74, 6) is 0.997. The Morgan fingerprint density at radius 1 is 1.45 bits per heavy atom. The minimum atomic E-state index is -3.54. The van der Waals surface area contributed by atoms with Gasteiger partial charge in [0.05, 0.1) is 15.6 Å². The first-order chi connectivity index (χ1) is 9.44. The lowest BCUT2D eigenvalue weighted by Gasteiger charge is -2.20. The molecule has 20 heavy (non-hydrogen) atoms. The van der Waals surface area contributed by atoms with Crippen LogP contribution < -0.4 is 10.5 Å². The second kappa shape index (κ2) is 6.56. The predicted molar refractivity (Wildman–Crippen MR) is 85.7 cm³/mol. The molecule has 0 amide bonds. The van der Waals surface area contributed by atoms with E-state index in [9.17, 15) is 8.42 Å². The molecule has 0 heterocycles. The summed E-state index contributed by atoms with van der Waals surface area (Å²) in [5, 5.41) is 0.623. The van der Waals surface area contributed by atoms with Gasteiger partial charge in [-0.25, -0.2) is 13.1 Å². The summed E-state index contributed by atoms with van der Waals surface area (Å²) in [6, 6.07) is 4.40. The summed E-state index contributed by atoms with van der Waals surface area (Å²) in [7, 11) is -3.54. The number of benzene rings is 1. The smallest absolute Gasteiger partial charge is 0.240 e. The molecule has 1 aromatic rings. The third kappa shape index (κ3) is 3.61. The van der Waals surface area contributed by atoms with Crippen molar-refractivity contribution in [2.75, 3.05) is 11.5 Å². The third-order valence-corrected chi connectivity index (χ3v) is 6.56. The van der Waals surface area contributed by atoms with Gasteiger partial charge >= 0.3 is 0 Å². The lowest BCUT2D eigenvalue weighted by Crippen LogP contribution is -2.38. The summed E-state index contributed by atoms with van der Waals surface area (Å²) < 4.78 is 27.6. The van der Waals surface area contributed by atoms with Crippen LogP contribution in [0.5, 0.6) is 0 Å². The van der Waals surface area contributed by atoms with Crippen LogP contribution in [0.25, 0.3) is 0 Å².